The smallest absolute Gasteiger partial charge is 0.410 e. The highest BCUT2D eigenvalue weighted by atomic mass is 16.6. The van der Waals surface area contributed by atoms with E-state index < -0.39 is 5.60 Å². The van der Waals surface area contributed by atoms with E-state index in [0.29, 0.717) is 19.0 Å². The van der Waals surface area contributed by atoms with Crippen molar-refractivity contribution < 1.29 is 9.53 Å². The summed E-state index contributed by atoms with van der Waals surface area (Å²) in [7, 11) is 0. The zero-order valence-electron chi connectivity index (χ0n) is 12.8. The summed E-state index contributed by atoms with van der Waals surface area (Å²) in [5, 5.41) is 0. The van der Waals surface area contributed by atoms with Crippen LogP contribution in [0.4, 0.5) is 4.79 Å². The van der Waals surface area contributed by atoms with Crippen LogP contribution >= 0.6 is 0 Å². The lowest BCUT2D eigenvalue weighted by molar-refractivity contribution is 0.0233. The van der Waals surface area contributed by atoms with Crippen LogP contribution in [0, 0.1) is 5.92 Å². The van der Waals surface area contributed by atoms with Gasteiger partial charge in [0.05, 0.1) is 0 Å². The molecule has 1 atom stereocenters. The normalized spacial score (nSPS) is 20.6. The zero-order valence-corrected chi connectivity index (χ0v) is 12.8. The van der Waals surface area contributed by atoms with Gasteiger partial charge in [-0.2, -0.15) is 0 Å². The van der Waals surface area contributed by atoms with Crippen LogP contribution in [0.3, 0.4) is 0 Å². The minimum Gasteiger partial charge on any atom is -0.444 e. The van der Waals surface area contributed by atoms with Crippen molar-refractivity contribution >= 4 is 6.09 Å². The summed E-state index contributed by atoms with van der Waals surface area (Å²) in [6.45, 7) is 13.0. The molecule has 112 valence electrons. The van der Waals surface area contributed by atoms with Gasteiger partial charge in [0.25, 0.3) is 0 Å². The van der Waals surface area contributed by atoms with Crippen molar-refractivity contribution in [2.75, 3.05) is 39.3 Å². The van der Waals surface area contributed by atoms with E-state index in [1.54, 1.807) is 0 Å². The third-order valence-electron chi connectivity index (χ3n) is 3.33. The van der Waals surface area contributed by atoms with E-state index in [-0.39, 0.29) is 6.09 Å². The second-order valence-corrected chi connectivity index (χ2v) is 6.26. The first-order valence-electron chi connectivity index (χ1n) is 7.26. The molecule has 1 rings (SSSR count). The predicted octanol–water partition coefficient (Wildman–Crippen LogP) is 1.52. The monoisotopic (exact) mass is 271 g/mol. The summed E-state index contributed by atoms with van der Waals surface area (Å²) in [4.78, 5) is 16.2. The first kappa shape index (κ1) is 16.2. The van der Waals surface area contributed by atoms with Gasteiger partial charge < -0.3 is 20.3 Å². The number of likely N-dealkylation sites (tertiary alicyclic amines) is 1. The fourth-order valence-corrected chi connectivity index (χ4v) is 2.42. The number of hydrogen-bond donors (Lipinski definition) is 1. The molecule has 0 aromatic heterocycles. The van der Waals surface area contributed by atoms with Crippen LogP contribution in [0.5, 0.6) is 0 Å². The molecular weight excluding hydrogens is 242 g/mol. The van der Waals surface area contributed by atoms with E-state index >= 15 is 0 Å². The van der Waals surface area contributed by atoms with Crippen molar-refractivity contribution in [1.29, 1.82) is 0 Å². The van der Waals surface area contributed by atoms with Gasteiger partial charge in [-0.25, -0.2) is 4.79 Å². The maximum atomic E-state index is 12.1. The van der Waals surface area contributed by atoms with E-state index in [0.717, 1.165) is 32.6 Å². The van der Waals surface area contributed by atoms with Crippen LogP contribution in [0.2, 0.25) is 0 Å². The summed E-state index contributed by atoms with van der Waals surface area (Å²) < 4.78 is 5.43. The molecule has 1 amide bonds. The number of nitrogens with two attached hydrogens (primary N) is 1. The van der Waals surface area contributed by atoms with Crippen LogP contribution in [-0.4, -0.2) is 60.8 Å². The van der Waals surface area contributed by atoms with Crippen molar-refractivity contribution in [2.45, 2.75) is 39.7 Å². The molecule has 19 heavy (non-hydrogen) atoms. The Kier molecular flexibility index (Phi) is 6.07. The van der Waals surface area contributed by atoms with Gasteiger partial charge in [0.2, 0.25) is 0 Å². The Labute approximate surface area is 117 Å². The van der Waals surface area contributed by atoms with Crippen LogP contribution in [0.25, 0.3) is 0 Å². The fraction of sp³-hybridized carbons (Fsp3) is 0.929. The van der Waals surface area contributed by atoms with Crippen molar-refractivity contribution in [1.82, 2.24) is 9.80 Å². The summed E-state index contributed by atoms with van der Waals surface area (Å²) in [6.07, 6.45) is 0.937. The predicted molar refractivity (Wildman–Crippen MR) is 77.1 cm³/mol. The van der Waals surface area contributed by atoms with E-state index in [1.807, 2.05) is 32.6 Å². The highest BCUT2D eigenvalue weighted by Gasteiger charge is 2.27. The van der Waals surface area contributed by atoms with Gasteiger partial charge in [-0.3, -0.25) is 0 Å². The molecular formula is C14H29N3O2. The first-order chi connectivity index (χ1) is 8.85. The topological polar surface area (TPSA) is 58.8 Å². The Morgan fingerprint density at radius 2 is 2.16 bits per heavy atom. The number of nitrogens with zero attached hydrogens (tertiary/aromatic N) is 2. The van der Waals surface area contributed by atoms with E-state index in [1.165, 1.54) is 0 Å². The van der Waals surface area contributed by atoms with Gasteiger partial charge in [0.1, 0.15) is 5.60 Å². The molecule has 1 fully saturated rings. The molecule has 0 aromatic rings. The molecule has 5 nitrogen and oxygen atoms in total. The number of hydrogen-bond acceptors (Lipinski definition) is 4. The molecule has 0 aliphatic carbocycles. The maximum absolute atomic E-state index is 12.1. The van der Waals surface area contributed by atoms with Crippen LogP contribution in [-0.2, 0) is 4.74 Å². The Balaban J connectivity index is 2.42. The highest BCUT2D eigenvalue weighted by molar-refractivity contribution is 5.68. The molecule has 5 heteroatoms. The van der Waals surface area contributed by atoms with Crippen molar-refractivity contribution in [3.05, 3.63) is 0 Å². The van der Waals surface area contributed by atoms with Crippen LogP contribution in [0.1, 0.15) is 34.1 Å². The van der Waals surface area contributed by atoms with Gasteiger partial charge >= 0.3 is 6.09 Å². The second kappa shape index (κ2) is 7.10. The molecule has 0 spiro atoms. The second-order valence-electron chi connectivity index (χ2n) is 6.26. The van der Waals surface area contributed by atoms with Gasteiger partial charge in [0, 0.05) is 32.7 Å². The Bertz CT molecular complexity index is 289. The van der Waals surface area contributed by atoms with E-state index in [4.69, 9.17) is 10.5 Å². The SMILES string of the molecule is CCN(C[C@@H]1CCN(CCN)C1)C(=O)OC(C)(C)C. The minimum atomic E-state index is -0.425. The lowest BCUT2D eigenvalue weighted by Gasteiger charge is -2.28. The summed E-state index contributed by atoms with van der Waals surface area (Å²) >= 11 is 0. The van der Waals surface area contributed by atoms with Crippen LogP contribution in [0.15, 0.2) is 0 Å². The average molecular weight is 271 g/mol. The molecule has 1 saturated heterocycles. The third-order valence-corrected chi connectivity index (χ3v) is 3.33. The number of amides is 1. The molecule has 0 unspecified atom stereocenters. The minimum absolute atomic E-state index is 0.202. The van der Waals surface area contributed by atoms with Gasteiger partial charge in [-0.15, -0.1) is 0 Å². The molecule has 0 saturated carbocycles. The average Bonchev–Trinajstić information content (AvgIpc) is 2.71. The van der Waals surface area contributed by atoms with Crippen molar-refractivity contribution in [3.8, 4) is 0 Å². The van der Waals surface area contributed by atoms with Crippen LogP contribution < -0.4 is 5.73 Å². The zero-order chi connectivity index (χ0) is 14.5. The van der Waals surface area contributed by atoms with E-state index in [9.17, 15) is 4.79 Å². The summed E-state index contributed by atoms with van der Waals surface area (Å²) in [5.41, 5.74) is 5.15. The van der Waals surface area contributed by atoms with E-state index in [2.05, 4.69) is 4.90 Å². The van der Waals surface area contributed by atoms with Gasteiger partial charge in [-0.1, -0.05) is 0 Å². The third kappa shape index (κ3) is 5.78. The number of carbonyl (C=O) groups excluding carboxylic acids is 1. The molecule has 0 bridgehead atoms. The quantitative estimate of drug-likeness (QED) is 0.823. The lowest BCUT2D eigenvalue weighted by atomic mass is 10.1. The molecule has 1 aliphatic rings. The first-order valence-corrected chi connectivity index (χ1v) is 7.26. The number of rotatable bonds is 5. The largest absolute Gasteiger partial charge is 0.444 e. The Morgan fingerprint density at radius 3 is 2.68 bits per heavy atom. The highest BCUT2D eigenvalue weighted by Crippen LogP contribution is 2.18. The molecule has 0 aromatic carbocycles. The number of ether oxygens (including phenoxy) is 1. The lowest BCUT2D eigenvalue weighted by Crippen LogP contribution is -2.40. The van der Waals surface area contributed by atoms with Crippen molar-refractivity contribution in [3.63, 3.8) is 0 Å². The Hall–Kier alpha value is -0.810. The molecule has 1 heterocycles. The molecule has 1 aliphatic heterocycles. The standard InChI is InChI=1S/C14H29N3O2/c1-5-17(13(18)19-14(2,3)4)11-12-6-8-16(10-12)9-7-15/h12H,5-11,15H2,1-4H3/t12-/m1/s1. The summed E-state index contributed by atoms with van der Waals surface area (Å²) in [5.74, 6) is 0.541. The Morgan fingerprint density at radius 1 is 1.47 bits per heavy atom. The molecule has 2 N–H and O–H groups in total. The molecule has 0 radical (unpaired) electrons. The summed E-state index contributed by atoms with van der Waals surface area (Å²) in [6, 6.07) is 0. The van der Waals surface area contributed by atoms with Gasteiger partial charge in [0.15, 0.2) is 0 Å². The number of carbonyl (C=O) groups is 1. The maximum Gasteiger partial charge on any atom is 0.410 e. The fourth-order valence-electron chi connectivity index (χ4n) is 2.42. The van der Waals surface area contributed by atoms with Gasteiger partial charge in [-0.05, 0) is 46.6 Å². The van der Waals surface area contributed by atoms with Crippen molar-refractivity contribution in [2.24, 2.45) is 11.7 Å².